The van der Waals surface area contributed by atoms with Crippen LogP contribution in [-0.4, -0.2) is 13.5 Å². The van der Waals surface area contributed by atoms with Crippen molar-refractivity contribution >= 4 is 50.3 Å². The van der Waals surface area contributed by atoms with E-state index in [9.17, 15) is 0 Å². The van der Waals surface area contributed by atoms with Crippen molar-refractivity contribution in [2.24, 2.45) is 5.92 Å². The maximum absolute atomic E-state index is 4.43. The summed E-state index contributed by atoms with van der Waals surface area (Å²) in [5, 5.41) is 0. The highest BCUT2D eigenvalue weighted by Crippen LogP contribution is 2.38. The van der Waals surface area contributed by atoms with Crippen molar-refractivity contribution in [3.05, 3.63) is 40.9 Å². The van der Waals surface area contributed by atoms with Gasteiger partial charge in [0.2, 0.25) is 0 Å². The molecule has 4 heteroatoms. The highest BCUT2D eigenvalue weighted by atomic mass is 127. The summed E-state index contributed by atoms with van der Waals surface area (Å²) in [5.41, 5.74) is 1.31. The Morgan fingerprint density at radius 2 is 2.27 bits per heavy atom. The van der Waals surface area contributed by atoms with Crippen molar-refractivity contribution in [1.29, 1.82) is 0 Å². The van der Waals surface area contributed by atoms with Crippen LogP contribution in [0, 0.1) is 5.92 Å². The molecule has 76 valence electrons. The minimum atomic E-state index is 0.470. The fourth-order valence-corrected chi connectivity index (χ4v) is 3.23. The number of hydrogen-bond donors (Lipinski definition) is 0. The van der Waals surface area contributed by atoms with E-state index < -0.39 is 0 Å². The van der Waals surface area contributed by atoms with E-state index in [1.807, 2.05) is 6.20 Å². The van der Waals surface area contributed by atoms with Crippen LogP contribution in [-0.2, 0) is 0 Å². The maximum atomic E-state index is 4.43. The van der Waals surface area contributed by atoms with Crippen LogP contribution in [0.25, 0.3) is 11.8 Å². The third kappa shape index (κ3) is 1.45. The first-order valence-electron chi connectivity index (χ1n) is 4.71. The van der Waals surface area contributed by atoms with E-state index in [0.29, 0.717) is 9.84 Å². The van der Waals surface area contributed by atoms with Crippen LogP contribution in [0.15, 0.2) is 35.1 Å². The van der Waals surface area contributed by atoms with Crippen molar-refractivity contribution < 1.29 is 0 Å². The van der Waals surface area contributed by atoms with Crippen LogP contribution in [0.3, 0.4) is 0 Å². The van der Waals surface area contributed by atoms with Crippen LogP contribution < -0.4 is 0 Å². The van der Waals surface area contributed by atoms with Crippen molar-refractivity contribution in [2.45, 2.75) is 3.92 Å². The molecule has 2 aliphatic rings. The molecule has 0 N–H and O–H groups in total. The number of aromatic nitrogens is 2. The Balaban J connectivity index is 2.19. The molecule has 1 aliphatic carbocycles. The molecule has 0 saturated heterocycles. The topological polar surface area (TPSA) is 17.8 Å². The minimum Gasteiger partial charge on any atom is -0.294 e. The summed E-state index contributed by atoms with van der Waals surface area (Å²) in [6, 6.07) is 0. The molecule has 0 saturated carbocycles. The van der Waals surface area contributed by atoms with Crippen LogP contribution in [0.1, 0.15) is 5.82 Å². The standard InChI is InChI=1S/C11H8BrIN2/c12-10-6-14-11-8-2-1-3-9(13)7(8)4-5-15(10)11/h1-7,9H/t7?,9-/m0/s1. The molecule has 2 atom stereocenters. The molecule has 0 spiro atoms. The van der Waals surface area contributed by atoms with E-state index in [-0.39, 0.29) is 0 Å². The van der Waals surface area contributed by atoms with Gasteiger partial charge in [-0.2, -0.15) is 0 Å². The molecule has 0 radical (unpaired) electrons. The normalized spacial score (nSPS) is 27.2. The van der Waals surface area contributed by atoms with Gasteiger partial charge in [-0.1, -0.05) is 46.9 Å². The Kier molecular flexibility index (Phi) is 2.35. The summed E-state index contributed by atoms with van der Waals surface area (Å²) < 4.78 is 3.61. The summed E-state index contributed by atoms with van der Waals surface area (Å²) >= 11 is 5.95. The van der Waals surface area contributed by atoms with E-state index in [0.717, 1.165) is 10.4 Å². The number of nitrogens with zero attached hydrogens (tertiary/aromatic N) is 2. The van der Waals surface area contributed by atoms with E-state index in [1.54, 1.807) is 0 Å². The van der Waals surface area contributed by atoms with Gasteiger partial charge in [0.15, 0.2) is 0 Å². The van der Waals surface area contributed by atoms with Gasteiger partial charge >= 0.3 is 0 Å². The van der Waals surface area contributed by atoms with Crippen LogP contribution >= 0.6 is 38.5 Å². The number of imidazole rings is 1. The number of hydrogen-bond acceptors (Lipinski definition) is 1. The van der Waals surface area contributed by atoms with Gasteiger partial charge in [-0.05, 0) is 15.9 Å². The summed E-state index contributed by atoms with van der Waals surface area (Å²) in [6.45, 7) is 0. The molecule has 0 aromatic carbocycles. The van der Waals surface area contributed by atoms with Gasteiger partial charge in [0.25, 0.3) is 0 Å². The molecule has 1 aromatic rings. The van der Waals surface area contributed by atoms with E-state index >= 15 is 0 Å². The fraction of sp³-hybridized carbons (Fsp3) is 0.182. The average Bonchev–Trinajstić information content (AvgIpc) is 2.61. The van der Waals surface area contributed by atoms with E-state index in [2.05, 4.69) is 78.6 Å². The third-order valence-corrected chi connectivity index (χ3v) is 4.50. The number of alkyl halides is 1. The molecular formula is C11H8BrIN2. The maximum Gasteiger partial charge on any atom is 0.141 e. The molecule has 2 nitrogen and oxygen atoms in total. The quantitative estimate of drug-likeness (QED) is 0.502. The molecule has 15 heavy (non-hydrogen) atoms. The van der Waals surface area contributed by atoms with Gasteiger partial charge < -0.3 is 0 Å². The number of fused-ring (bicyclic) bond motifs is 3. The van der Waals surface area contributed by atoms with Crippen LogP contribution in [0.5, 0.6) is 0 Å². The molecule has 2 heterocycles. The van der Waals surface area contributed by atoms with Crippen LogP contribution in [0.4, 0.5) is 0 Å². The lowest BCUT2D eigenvalue weighted by Gasteiger charge is -2.26. The van der Waals surface area contributed by atoms with Gasteiger partial charge in [0, 0.05) is 21.6 Å². The first-order chi connectivity index (χ1) is 7.27. The highest BCUT2D eigenvalue weighted by molar-refractivity contribution is 14.1. The Morgan fingerprint density at radius 1 is 1.40 bits per heavy atom. The molecule has 3 rings (SSSR count). The number of rotatable bonds is 0. The Morgan fingerprint density at radius 3 is 3.13 bits per heavy atom. The molecule has 1 aliphatic heterocycles. The second-order valence-corrected chi connectivity index (χ2v) is 5.84. The minimum absolute atomic E-state index is 0.470. The van der Waals surface area contributed by atoms with Gasteiger partial charge in [0.05, 0.1) is 6.20 Å². The molecule has 0 bridgehead atoms. The van der Waals surface area contributed by atoms with Gasteiger partial charge in [-0.3, -0.25) is 4.57 Å². The third-order valence-electron chi connectivity index (χ3n) is 2.73. The summed E-state index contributed by atoms with van der Waals surface area (Å²) in [6.07, 6.45) is 12.7. The zero-order chi connectivity index (χ0) is 10.4. The second kappa shape index (κ2) is 3.59. The zero-order valence-electron chi connectivity index (χ0n) is 7.77. The second-order valence-electron chi connectivity index (χ2n) is 3.59. The van der Waals surface area contributed by atoms with Crippen molar-refractivity contribution in [2.75, 3.05) is 0 Å². The molecule has 1 unspecified atom stereocenters. The Bertz CT molecular complexity index is 499. The lowest BCUT2D eigenvalue weighted by molar-refractivity contribution is 0.838. The number of allylic oxidation sites excluding steroid dienone is 5. The SMILES string of the molecule is Brc1cnc2n1C=CC1C2=CC=C[C@@H]1I. The Hall–Kier alpha value is -0.360. The first kappa shape index (κ1) is 9.84. The van der Waals surface area contributed by atoms with Gasteiger partial charge in [-0.25, -0.2) is 4.98 Å². The zero-order valence-corrected chi connectivity index (χ0v) is 11.5. The smallest absolute Gasteiger partial charge is 0.141 e. The van der Waals surface area contributed by atoms with Gasteiger partial charge in [-0.15, -0.1) is 0 Å². The van der Waals surface area contributed by atoms with E-state index in [1.165, 1.54) is 5.57 Å². The molecule has 1 aromatic heterocycles. The Labute approximate surface area is 110 Å². The summed E-state index contributed by atoms with van der Waals surface area (Å²) in [7, 11) is 0. The fourth-order valence-electron chi connectivity index (χ4n) is 1.98. The average molecular weight is 375 g/mol. The van der Waals surface area contributed by atoms with Crippen molar-refractivity contribution in [3.8, 4) is 0 Å². The lowest BCUT2D eigenvalue weighted by atomic mass is 9.89. The molecule has 0 amide bonds. The lowest BCUT2D eigenvalue weighted by Crippen LogP contribution is -2.19. The van der Waals surface area contributed by atoms with Crippen molar-refractivity contribution in [3.63, 3.8) is 0 Å². The predicted octanol–water partition coefficient (Wildman–Crippen LogP) is 3.50. The molecular weight excluding hydrogens is 367 g/mol. The predicted molar refractivity (Wildman–Crippen MR) is 73.7 cm³/mol. The summed E-state index contributed by atoms with van der Waals surface area (Å²) in [5.74, 6) is 1.53. The highest BCUT2D eigenvalue weighted by Gasteiger charge is 2.27. The molecule has 0 fully saturated rings. The van der Waals surface area contributed by atoms with Crippen LogP contribution in [0.2, 0.25) is 0 Å². The van der Waals surface area contributed by atoms with E-state index in [4.69, 9.17) is 0 Å². The van der Waals surface area contributed by atoms with Gasteiger partial charge in [0.1, 0.15) is 10.4 Å². The first-order valence-corrected chi connectivity index (χ1v) is 6.75. The largest absolute Gasteiger partial charge is 0.294 e. The number of halogens is 2. The van der Waals surface area contributed by atoms with Crippen molar-refractivity contribution in [1.82, 2.24) is 9.55 Å². The monoisotopic (exact) mass is 374 g/mol. The summed E-state index contributed by atoms with van der Waals surface area (Å²) in [4.78, 5) is 4.43.